The summed E-state index contributed by atoms with van der Waals surface area (Å²) in [4.78, 5) is 0. The summed E-state index contributed by atoms with van der Waals surface area (Å²) in [5.74, 6) is 0. The van der Waals surface area contributed by atoms with Crippen molar-refractivity contribution < 1.29 is 60.3 Å². The predicted molar refractivity (Wildman–Crippen MR) is 32.7 cm³/mol. The molecule has 0 aromatic carbocycles. The molecule has 12 nitrogen and oxygen atoms in total. The van der Waals surface area contributed by atoms with Crippen molar-refractivity contribution >= 4 is 29.3 Å². The molecule has 0 aliphatic rings. The van der Waals surface area contributed by atoms with Crippen LogP contribution in [0, 0.1) is 22.3 Å². The van der Waals surface area contributed by atoms with Gasteiger partial charge in [0, 0.05) is 0 Å². The molecule has 0 aliphatic heterocycles. The summed E-state index contributed by atoms with van der Waals surface area (Å²) in [6.45, 7) is 0. The Bertz CT molecular complexity index is 68.0. The Hall–Kier alpha value is -0.220. The van der Waals surface area contributed by atoms with Gasteiger partial charge in [-0.1, -0.05) is 0 Å². The first-order chi connectivity index (χ1) is 6.93. The van der Waals surface area contributed by atoms with E-state index < -0.39 is 29.3 Å². The van der Waals surface area contributed by atoms with Gasteiger partial charge in [-0.3, -0.25) is 29.3 Å². The van der Waals surface area contributed by atoms with Crippen LogP contribution in [0.4, 0.5) is 0 Å². The molecule has 0 heterocycles. The van der Waals surface area contributed by atoms with E-state index in [9.17, 15) is 0 Å². The molecule has 19 heavy (non-hydrogen) atoms. The maximum absolute atomic E-state index is 8.42. The van der Waals surface area contributed by atoms with Crippen LogP contribution in [0.15, 0.2) is 0 Å². The van der Waals surface area contributed by atoms with Crippen LogP contribution in [-0.4, -0.2) is 29.3 Å². The SMILES string of the molecule is [C+4].[C+4].[C+4].[O-]B([O-])[O-].[O-]B([O-])[O-].[O-]B([O-])[O-].[O-]B([O-])[O-]. The van der Waals surface area contributed by atoms with E-state index in [2.05, 4.69) is 0 Å². The summed E-state index contributed by atoms with van der Waals surface area (Å²) >= 11 is 0. The molecule has 0 aromatic rings. The third-order valence-corrected chi connectivity index (χ3v) is 0. The average molecular weight is 271 g/mol. The third kappa shape index (κ3) is 91300. The minimum absolute atomic E-state index is 0. The van der Waals surface area contributed by atoms with E-state index in [-0.39, 0.29) is 22.3 Å². The summed E-state index contributed by atoms with van der Waals surface area (Å²) < 4.78 is 0. The maximum Gasteiger partial charge on any atom is 4.00 e. The van der Waals surface area contributed by atoms with Crippen LogP contribution in [0.25, 0.3) is 0 Å². The van der Waals surface area contributed by atoms with Crippen LogP contribution >= 0.6 is 0 Å². The second-order valence-corrected chi connectivity index (χ2v) is 1.15. The molecule has 0 N–H and O–H groups in total. The van der Waals surface area contributed by atoms with Crippen molar-refractivity contribution in [3.05, 3.63) is 22.3 Å². The van der Waals surface area contributed by atoms with Gasteiger partial charge in [-0.15, -0.1) is 0 Å². The minimum Gasteiger partial charge on any atom is -0.907 e. The zero-order valence-corrected chi connectivity index (χ0v) is 8.71. The summed E-state index contributed by atoms with van der Waals surface area (Å²) in [5.41, 5.74) is 0. The van der Waals surface area contributed by atoms with Gasteiger partial charge in [0.2, 0.25) is 0 Å². The molecule has 0 radical (unpaired) electrons. The predicted octanol–water partition coefficient (Wildman–Crippen LogP) is -15.5. The molecular weight excluding hydrogens is 271 g/mol. The fraction of sp³-hybridized carbons (Fsp3) is 0. The zero-order chi connectivity index (χ0) is 14.3. The van der Waals surface area contributed by atoms with E-state index in [0.29, 0.717) is 0 Å². The van der Waals surface area contributed by atoms with Crippen molar-refractivity contribution in [2.24, 2.45) is 0 Å². The smallest absolute Gasteiger partial charge is 0.907 e. The van der Waals surface area contributed by atoms with Gasteiger partial charge in [0.1, 0.15) is 0 Å². The molecule has 16 heteroatoms. The van der Waals surface area contributed by atoms with Crippen molar-refractivity contribution in [2.45, 2.75) is 0 Å². The monoisotopic (exact) mass is 272 g/mol. The molecule has 0 rings (SSSR count). The molecular formula is C3B4O12. The molecule has 0 atom stereocenters. The fourth-order valence-electron chi connectivity index (χ4n) is 0. The molecule has 0 aromatic heterocycles. The topological polar surface area (TPSA) is 277 Å². The summed E-state index contributed by atoms with van der Waals surface area (Å²) in [7, 11) is -11.7. The van der Waals surface area contributed by atoms with Gasteiger partial charge < -0.3 is 60.3 Å². The molecule has 0 saturated carbocycles. The molecule has 0 spiro atoms. The van der Waals surface area contributed by atoms with Crippen LogP contribution in [0.2, 0.25) is 0 Å². The van der Waals surface area contributed by atoms with Gasteiger partial charge in [-0.2, -0.15) is 0 Å². The quantitative estimate of drug-likeness (QED) is 0.371. The normalized spacial score (nSPS) is 5.68. The van der Waals surface area contributed by atoms with Gasteiger partial charge in [0.25, 0.3) is 0 Å². The molecule has 0 saturated heterocycles. The molecule has 0 fully saturated rings. The molecule has 0 aliphatic carbocycles. The Kier molecular flexibility index (Phi) is 81.2. The fourth-order valence-corrected chi connectivity index (χ4v) is 0. The molecule has 96 valence electrons. The van der Waals surface area contributed by atoms with Gasteiger partial charge in [0.15, 0.2) is 0 Å². The van der Waals surface area contributed by atoms with Crippen LogP contribution in [0.1, 0.15) is 0 Å². The minimum atomic E-state index is -2.92. The van der Waals surface area contributed by atoms with Gasteiger partial charge in [-0.05, 0) is 0 Å². The number of hydrogen-bond acceptors (Lipinski definition) is 12. The Labute approximate surface area is 113 Å². The second-order valence-electron chi connectivity index (χ2n) is 1.15. The Morgan fingerprint density at radius 1 is 0.263 bits per heavy atom. The second kappa shape index (κ2) is 36.1. The van der Waals surface area contributed by atoms with Gasteiger partial charge in [0.05, 0.1) is 0 Å². The number of hydrogen-bond donors (Lipinski definition) is 0. The van der Waals surface area contributed by atoms with Gasteiger partial charge >= 0.3 is 22.3 Å². The summed E-state index contributed by atoms with van der Waals surface area (Å²) in [6.07, 6.45) is 0. The molecule has 0 unspecified atom stereocenters. The first-order valence-electron chi connectivity index (χ1n) is 2.83. The Morgan fingerprint density at radius 2 is 0.263 bits per heavy atom. The van der Waals surface area contributed by atoms with E-state index in [1.165, 1.54) is 0 Å². The van der Waals surface area contributed by atoms with Crippen LogP contribution in [0.3, 0.4) is 0 Å². The summed E-state index contributed by atoms with van der Waals surface area (Å²) in [5, 5.41) is 101. The Balaban J connectivity index is -0.0000000192. The zero-order valence-electron chi connectivity index (χ0n) is 8.71. The van der Waals surface area contributed by atoms with Crippen LogP contribution in [-0.2, 0) is 0 Å². The molecule has 0 amide bonds. The van der Waals surface area contributed by atoms with Crippen molar-refractivity contribution in [1.82, 2.24) is 0 Å². The first-order valence-corrected chi connectivity index (χ1v) is 2.83. The van der Waals surface area contributed by atoms with Gasteiger partial charge in [-0.25, -0.2) is 0 Å². The third-order valence-electron chi connectivity index (χ3n) is 0. The van der Waals surface area contributed by atoms with E-state index >= 15 is 0 Å². The maximum atomic E-state index is 8.42. The van der Waals surface area contributed by atoms with E-state index in [1.807, 2.05) is 0 Å². The first kappa shape index (κ1) is 42.8. The van der Waals surface area contributed by atoms with Crippen LogP contribution in [0.5, 0.6) is 0 Å². The average Bonchev–Trinajstić information content (AvgIpc) is 1.76. The van der Waals surface area contributed by atoms with Crippen molar-refractivity contribution in [2.75, 3.05) is 0 Å². The summed E-state index contributed by atoms with van der Waals surface area (Å²) in [6, 6.07) is 0. The van der Waals surface area contributed by atoms with Crippen molar-refractivity contribution in [3.63, 3.8) is 0 Å². The van der Waals surface area contributed by atoms with E-state index in [1.54, 1.807) is 0 Å². The van der Waals surface area contributed by atoms with E-state index in [4.69, 9.17) is 60.3 Å². The molecule has 0 bridgehead atoms. The number of rotatable bonds is 0. The largest absolute Gasteiger partial charge is 4.00 e. The van der Waals surface area contributed by atoms with E-state index in [0.717, 1.165) is 0 Å². The standard InChI is InChI=1S/3C.4BO3/c;;;4*2-1(3)4/q3*+4;4*-3. The van der Waals surface area contributed by atoms with Crippen molar-refractivity contribution in [3.8, 4) is 0 Å². The van der Waals surface area contributed by atoms with Crippen molar-refractivity contribution in [1.29, 1.82) is 0 Å². The van der Waals surface area contributed by atoms with Crippen LogP contribution < -0.4 is 60.3 Å². The Morgan fingerprint density at radius 3 is 0.263 bits per heavy atom.